The van der Waals surface area contributed by atoms with Crippen molar-refractivity contribution in [1.82, 2.24) is 5.32 Å². The second-order valence-corrected chi connectivity index (χ2v) is 5.83. The van der Waals surface area contributed by atoms with Crippen molar-refractivity contribution in [3.05, 3.63) is 51.7 Å². The fourth-order valence-corrected chi connectivity index (χ4v) is 3.53. The average Bonchev–Trinajstić information content (AvgIpc) is 2.84. The predicted octanol–water partition coefficient (Wildman–Crippen LogP) is 3.02. The van der Waals surface area contributed by atoms with Crippen molar-refractivity contribution in [3.8, 4) is 6.07 Å². The Kier molecular flexibility index (Phi) is 3.68. The third-order valence-electron chi connectivity index (χ3n) is 3.41. The zero-order valence-electron chi connectivity index (χ0n) is 10.9. The molecule has 5 heteroatoms. The molecule has 0 radical (unpaired) electrons. The molecule has 0 atom stereocenters. The van der Waals surface area contributed by atoms with E-state index < -0.39 is 0 Å². The molecule has 0 unspecified atom stereocenters. The van der Waals surface area contributed by atoms with Crippen LogP contribution in [0.4, 0.5) is 9.39 Å². The van der Waals surface area contributed by atoms with Crippen molar-refractivity contribution < 1.29 is 4.39 Å². The van der Waals surface area contributed by atoms with Gasteiger partial charge in [-0.1, -0.05) is 12.1 Å². The summed E-state index contributed by atoms with van der Waals surface area (Å²) in [5.74, 6) is -0.232. The van der Waals surface area contributed by atoms with Crippen molar-refractivity contribution in [3.63, 3.8) is 0 Å². The second-order valence-electron chi connectivity index (χ2n) is 4.73. The molecule has 3 rings (SSSR count). The highest BCUT2D eigenvalue weighted by molar-refractivity contribution is 7.16. The van der Waals surface area contributed by atoms with Crippen LogP contribution in [-0.4, -0.2) is 6.54 Å². The summed E-state index contributed by atoms with van der Waals surface area (Å²) in [6.07, 6.45) is 0.910. The zero-order valence-corrected chi connectivity index (χ0v) is 11.7. The second kappa shape index (κ2) is 5.61. The quantitative estimate of drug-likeness (QED) is 0.912. The number of nitrogens with zero attached hydrogens (tertiary/aromatic N) is 1. The van der Waals surface area contributed by atoms with Gasteiger partial charge >= 0.3 is 0 Å². The Balaban J connectivity index is 1.79. The van der Waals surface area contributed by atoms with Gasteiger partial charge in [0, 0.05) is 18.0 Å². The number of nitriles is 1. The van der Waals surface area contributed by atoms with Gasteiger partial charge < -0.3 is 10.6 Å². The van der Waals surface area contributed by atoms with E-state index in [-0.39, 0.29) is 5.82 Å². The highest BCUT2D eigenvalue weighted by atomic mass is 32.1. The van der Waals surface area contributed by atoms with Gasteiger partial charge in [0.05, 0.1) is 5.56 Å². The van der Waals surface area contributed by atoms with Crippen molar-refractivity contribution in [2.24, 2.45) is 0 Å². The van der Waals surface area contributed by atoms with Crippen LogP contribution < -0.4 is 10.6 Å². The smallest absolute Gasteiger partial charge is 0.123 e. The third kappa shape index (κ3) is 2.53. The van der Waals surface area contributed by atoms with Crippen molar-refractivity contribution in [2.45, 2.75) is 19.5 Å². The van der Waals surface area contributed by atoms with Gasteiger partial charge in [-0.05, 0) is 36.2 Å². The third-order valence-corrected chi connectivity index (χ3v) is 4.60. The fraction of sp³-hybridized carbons (Fsp3) is 0.267. The molecule has 0 fully saturated rings. The summed E-state index contributed by atoms with van der Waals surface area (Å²) >= 11 is 1.64. The number of rotatable bonds is 3. The molecule has 2 heterocycles. The topological polar surface area (TPSA) is 47.9 Å². The Morgan fingerprint density at radius 3 is 2.90 bits per heavy atom. The molecular formula is C15H14FN3S. The molecule has 0 spiro atoms. The Hall–Kier alpha value is -1.90. The molecule has 0 saturated carbocycles. The molecular weight excluding hydrogens is 273 g/mol. The standard InChI is InChI=1S/C15H14FN3S/c16-11-3-1-10(2-4-11)8-19-15-13(7-17)12-5-6-18-9-14(12)20-15/h1-4,18-19H,5-6,8-9H2. The molecule has 0 saturated heterocycles. The first-order chi connectivity index (χ1) is 9.78. The lowest BCUT2D eigenvalue weighted by molar-refractivity contribution is 0.627. The molecule has 0 bridgehead atoms. The van der Waals surface area contributed by atoms with Crippen LogP contribution in [0.3, 0.4) is 0 Å². The van der Waals surface area contributed by atoms with Crippen LogP contribution in [0.2, 0.25) is 0 Å². The average molecular weight is 287 g/mol. The number of hydrogen-bond acceptors (Lipinski definition) is 4. The molecule has 3 nitrogen and oxygen atoms in total. The number of nitrogens with one attached hydrogen (secondary N) is 2. The molecule has 20 heavy (non-hydrogen) atoms. The van der Waals surface area contributed by atoms with Crippen LogP contribution in [0.25, 0.3) is 0 Å². The maximum atomic E-state index is 12.9. The molecule has 0 aliphatic carbocycles. The molecule has 2 N–H and O–H groups in total. The summed E-state index contributed by atoms with van der Waals surface area (Å²) < 4.78 is 12.9. The summed E-state index contributed by atoms with van der Waals surface area (Å²) in [4.78, 5) is 1.24. The highest BCUT2D eigenvalue weighted by Crippen LogP contribution is 2.34. The number of thiophene rings is 1. The lowest BCUT2D eigenvalue weighted by atomic mass is 10.1. The maximum Gasteiger partial charge on any atom is 0.123 e. The van der Waals surface area contributed by atoms with Crippen molar-refractivity contribution in [1.29, 1.82) is 5.26 Å². The van der Waals surface area contributed by atoms with Gasteiger partial charge in [0.25, 0.3) is 0 Å². The van der Waals surface area contributed by atoms with Crippen molar-refractivity contribution >= 4 is 16.3 Å². The number of hydrogen-bond donors (Lipinski definition) is 2. The fourth-order valence-electron chi connectivity index (χ4n) is 2.36. The van der Waals surface area contributed by atoms with E-state index in [2.05, 4.69) is 16.7 Å². The molecule has 1 aromatic carbocycles. The van der Waals surface area contributed by atoms with Gasteiger partial charge in [-0.3, -0.25) is 0 Å². The lowest BCUT2D eigenvalue weighted by Crippen LogP contribution is -2.22. The Labute approximate surface area is 121 Å². The van der Waals surface area contributed by atoms with E-state index in [1.807, 2.05) is 0 Å². The van der Waals surface area contributed by atoms with Crippen molar-refractivity contribution in [2.75, 3.05) is 11.9 Å². The summed E-state index contributed by atoms with van der Waals surface area (Å²) in [6.45, 7) is 2.37. The molecule has 2 aromatic rings. The summed E-state index contributed by atoms with van der Waals surface area (Å²) in [5, 5.41) is 16.9. The van der Waals surface area contributed by atoms with E-state index in [4.69, 9.17) is 0 Å². The molecule has 1 aromatic heterocycles. The molecule has 0 amide bonds. The minimum absolute atomic E-state index is 0.232. The van der Waals surface area contributed by atoms with Gasteiger partial charge in [-0.25, -0.2) is 4.39 Å². The van der Waals surface area contributed by atoms with Crippen LogP contribution >= 0.6 is 11.3 Å². The van der Waals surface area contributed by atoms with Crippen LogP contribution in [0.15, 0.2) is 24.3 Å². The van der Waals surface area contributed by atoms with Gasteiger partial charge in [0.15, 0.2) is 0 Å². The minimum atomic E-state index is -0.232. The SMILES string of the molecule is N#Cc1c(NCc2ccc(F)cc2)sc2c1CCNC2. The zero-order chi connectivity index (χ0) is 13.9. The van der Waals surface area contributed by atoms with E-state index in [9.17, 15) is 9.65 Å². The van der Waals surface area contributed by atoms with E-state index in [0.29, 0.717) is 6.54 Å². The normalized spacial score (nSPS) is 13.6. The van der Waals surface area contributed by atoms with Gasteiger partial charge in [0.1, 0.15) is 16.9 Å². The summed E-state index contributed by atoms with van der Waals surface area (Å²) in [5.41, 5.74) is 2.95. The number of fused-ring (bicyclic) bond motifs is 1. The number of benzene rings is 1. The first-order valence-corrected chi connectivity index (χ1v) is 7.33. The Morgan fingerprint density at radius 1 is 1.35 bits per heavy atom. The molecule has 1 aliphatic heterocycles. The molecule has 1 aliphatic rings. The van der Waals surface area contributed by atoms with Crippen LogP contribution in [0.5, 0.6) is 0 Å². The van der Waals surface area contributed by atoms with Crippen LogP contribution in [-0.2, 0) is 19.5 Å². The monoisotopic (exact) mass is 287 g/mol. The van der Waals surface area contributed by atoms with Crippen LogP contribution in [0, 0.1) is 17.1 Å². The van der Waals surface area contributed by atoms with E-state index in [1.54, 1.807) is 23.5 Å². The number of halogens is 1. The lowest BCUT2D eigenvalue weighted by Gasteiger charge is -2.11. The van der Waals surface area contributed by atoms with E-state index in [0.717, 1.165) is 35.6 Å². The first kappa shape index (κ1) is 13.1. The number of anilines is 1. The van der Waals surface area contributed by atoms with E-state index >= 15 is 0 Å². The van der Waals surface area contributed by atoms with E-state index in [1.165, 1.54) is 22.6 Å². The Bertz CT molecular complexity index is 655. The largest absolute Gasteiger partial charge is 0.372 e. The summed E-state index contributed by atoms with van der Waals surface area (Å²) in [6, 6.07) is 8.72. The van der Waals surface area contributed by atoms with Gasteiger partial charge in [-0.15, -0.1) is 11.3 Å². The maximum absolute atomic E-state index is 12.9. The first-order valence-electron chi connectivity index (χ1n) is 6.51. The Morgan fingerprint density at radius 2 is 2.15 bits per heavy atom. The summed E-state index contributed by atoms with van der Waals surface area (Å²) in [7, 11) is 0. The van der Waals surface area contributed by atoms with Crippen LogP contribution in [0.1, 0.15) is 21.6 Å². The van der Waals surface area contributed by atoms with Gasteiger partial charge in [-0.2, -0.15) is 5.26 Å². The molecule has 102 valence electrons. The highest BCUT2D eigenvalue weighted by Gasteiger charge is 2.20. The minimum Gasteiger partial charge on any atom is -0.372 e. The predicted molar refractivity (Wildman–Crippen MR) is 78.2 cm³/mol. The van der Waals surface area contributed by atoms with Gasteiger partial charge in [0.2, 0.25) is 0 Å².